The number of aryl methyl sites for hydroxylation is 3. The molecule has 0 amide bonds. The monoisotopic (exact) mass is 418 g/mol. The van der Waals surface area contributed by atoms with Crippen LogP contribution in [0, 0.1) is 20.8 Å². The van der Waals surface area contributed by atoms with Crippen LogP contribution in [0.1, 0.15) is 33.9 Å². The third-order valence-electron chi connectivity index (χ3n) is 5.58. The van der Waals surface area contributed by atoms with Crippen LogP contribution < -0.4 is 0 Å². The van der Waals surface area contributed by atoms with E-state index in [1.807, 2.05) is 56.3 Å². The van der Waals surface area contributed by atoms with Gasteiger partial charge in [0.15, 0.2) is 0 Å². The zero-order valence-electron chi connectivity index (χ0n) is 17.5. The molecule has 0 aromatic heterocycles. The molecule has 1 aliphatic heterocycles. The molecule has 5 heteroatoms. The van der Waals surface area contributed by atoms with E-state index in [-0.39, 0.29) is 6.04 Å². The van der Waals surface area contributed by atoms with Crippen LogP contribution in [-0.4, -0.2) is 25.1 Å². The molecule has 0 N–H and O–H groups in total. The maximum atomic E-state index is 13.5. The van der Waals surface area contributed by atoms with Gasteiger partial charge >= 0.3 is 0 Å². The van der Waals surface area contributed by atoms with Gasteiger partial charge in [-0.3, -0.25) is 9.30 Å². The molecule has 1 heterocycles. The summed E-state index contributed by atoms with van der Waals surface area (Å²) in [5.74, 6) is 0.595. The molecule has 4 rings (SSSR count). The average Bonchev–Trinajstić information content (AvgIpc) is 3.16. The summed E-state index contributed by atoms with van der Waals surface area (Å²) in [6, 6.07) is 23.0. The molecule has 0 aliphatic carbocycles. The number of sulfonamides is 1. The lowest BCUT2D eigenvalue weighted by atomic mass is 10.0. The molecule has 0 fully saturated rings. The Labute approximate surface area is 179 Å². The highest BCUT2D eigenvalue weighted by Gasteiger charge is 2.35. The largest absolute Gasteiger partial charge is 0.265 e. The highest BCUT2D eigenvalue weighted by Crippen LogP contribution is 2.31. The Morgan fingerprint density at radius 2 is 1.57 bits per heavy atom. The predicted octanol–water partition coefficient (Wildman–Crippen LogP) is 5.00. The zero-order chi connectivity index (χ0) is 21.3. The van der Waals surface area contributed by atoms with Crippen LogP contribution in [-0.2, 0) is 16.4 Å². The Balaban J connectivity index is 1.74. The fraction of sp³-hybridized carbons (Fsp3) is 0.240. The Morgan fingerprint density at radius 3 is 2.27 bits per heavy atom. The smallest absolute Gasteiger partial charge is 0.261 e. The molecule has 0 bridgehead atoms. The maximum Gasteiger partial charge on any atom is 0.265 e. The second kappa shape index (κ2) is 8.07. The molecule has 0 saturated heterocycles. The second-order valence-electron chi connectivity index (χ2n) is 7.93. The van der Waals surface area contributed by atoms with Gasteiger partial charge < -0.3 is 0 Å². The van der Waals surface area contributed by atoms with Crippen molar-refractivity contribution in [2.75, 3.05) is 6.54 Å². The molecular weight excluding hydrogens is 392 g/mol. The van der Waals surface area contributed by atoms with Crippen LogP contribution in [0.25, 0.3) is 0 Å². The maximum absolute atomic E-state index is 13.5. The molecular formula is C25H26N2O2S. The van der Waals surface area contributed by atoms with Gasteiger partial charge in [0.1, 0.15) is 5.84 Å². The van der Waals surface area contributed by atoms with E-state index < -0.39 is 10.0 Å². The Kier molecular flexibility index (Phi) is 5.48. The lowest BCUT2D eigenvalue weighted by Crippen LogP contribution is -2.35. The van der Waals surface area contributed by atoms with Crippen LogP contribution in [0.4, 0.5) is 0 Å². The van der Waals surface area contributed by atoms with Gasteiger partial charge in [-0.25, -0.2) is 8.42 Å². The third-order valence-corrected chi connectivity index (χ3v) is 7.39. The number of amidine groups is 1. The molecule has 3 aromatic rings. The SMILES string of the molecule is Cc1ccc(S(=O)(=O)N2CC(c3ccccc3)N=C2Cc2cc(C)ccc2C)cc1. The van der Waals surface area contributed by atoms with Gasteiger partial charge in [-0.15, -0.1) is 0 Å². The van der Waals surface area contributed by atoms with E-state index in [2.05, 4.69) is 25.1 Å². The molecule has 1 atom stereocenters. The number of nitrogens with zero attached hydrogens (tertiary/aromatic N) is 2. The number of hydrogen-bond acceptors (Lipinski definition) is 3. The van der Waals surface area contributed by atoms with E-state index in [0.717, 1.165) is 27.8 Å². The minimum absolute atomic E-state index is 0.202. The molecule has 1 aliphatic rings. The first kappa shape index (κ1) is 20.4. The van der Waals surface area contributed by atoms with Crippen LogP contribution >= 0.6 is 0 Å². The summed E-state index contributed by atoms with van der Waals surface area (Å²) in [6.45, 7) is 6.37. The van der Waals surface area contributed by atoms with Crippen LogP contribution in [0.2, 0.25) is 0 Å². The first-order valence-electron chi connectivity index (χ1n) is 10.1. The summed E-state index contributed by atoms with van der Waals surface area (Å²) >= 11 is 0. The van der Waals surface area contributed by atoms with Crippen LogP contribution in [0.15, 0.2) is 82.7 Å². The summed E-state index contributed by atoms with van der Waals surface area (Å²) in [4.78, 5) is 5.18. The summed E-state index contributed by atoms with van der Waals surface area (Å²) in [5, 5.41) is 0. The summed E-state index contributed by atoms with van der Waals surface area (Å²) < 4.78 is 28.5. The van der Waals surface area contributed by atoms with Gasteiger partial charge in [-0.05, 0) is 49.6 Å². The first-order valence-corrected chi connectivity index (χ1v) is 11.6. The Hall–Kier alpha value is -2.92. The highest BCUT2D eigenvalue weighted by atomic mass is 32.2. The topological polar surface area (TPSA) is 49.7 Å². The lowest BCUT2D eigenvalue weighted by Gasteiger charge is -2.22. The highest BCUT2D eigenvalue weighted by molar-refractivity contribution is 7.89. The van der Waals surface area contributed by atoms with Crippen molar-refractivity contribution < 1.29 is 8.42 Å². The van der Waals surface area contributed by atoms with Crippen molar-refractivity contribution in [3.05, 3.63) is 101 Å². The quantitative estimate of drug-likeness (QED) is 0.585. The van der Waals surface area contributed by atoms with Crippen molar-refractivity contribution in [3.63, 3.8) is 0 Å². The molecule has 0 radical (unpaired) electrons. The number of aliphatic imine (C=N–C) groups is 1. The van der Waals surface area contributed by atoms with Crippen molar-refractivity contribution >= 4 is 15.9 Å². The van der Waals surface area contributed by atoms with Crippen molar-refractivity contribution in [2.24, 2.45) is 4.99 Å². The first-order chi connectivity index (χ1) is 14.3. The number of benzene rings is 3. The Morgan fingerprint density at radius 1 is 0.900 bits per heavy atom. The van der Waals surface area contributed by atoms with Gasteiger partial charge in [0, 0.05) is 6.42 Å². The molecule has 0 saturated carbocycles. The van der Waals surface area contributed by atoms with E-state index >= 15 is 0 Å². The van der Waals surface area contributed by atoms with Gasteiger partial charge in [-0.2, -0.15) is 0 Å². The molecule has 1 unspecified atom stereocenters. The minimum atomic E-state index is -3.69. The second-order valence-corrected chi connectivity index (χ2v) is 9.79. The van der Waals surface area contributed by atoms with Crippen molar-refractivity contribution in [1.82, 2.24) is 4.31 Å². The normalized spacial score (nSPS) is 16.6. The van der Waals surface area contributed by atoms with E-state index in [1.54, 1.807) is 12.1 Å². The zero-order valence-corrected chi connectivity index (χ0v) is 18.4. The molecule has 4 nitrogen and oxygen atoms in total. The van der Waals surface area contributed by atoms with Crippen LogP contribution in [0.5, 0.6) is 0 Å². The predicted molar refractivity (Wildman–Crippen MR) is 121 cm³/mol. The van der Waals surface area contributed by atoms with Gasteiger partial charge in [0.25, 0.3) is 10.0 Å². The van der Waals surface area contributed by atoms with Crippen molar-refractivity contribution in [2.45, 2.75) is 38.1 Å². The van der Waals surface area contributed by atoms with Gasteiger partial charge in [0.2, 0.25) is 0 Å². The van der Waals surface area contributed by atoms with Crippen molar-refractivity contribution in [1.29, 1.82) is 0 Å². The van der Waals surface area contributed by atoms with Crippen LogP contribution in [0.3, 0.4) is 0 Å². The fourth-order valence-corrected chi connectivity index (χ4v) is 5.23. The van der Waals surface area contributed by atoms with Gasteiger partial charge in [-0.1, -0.05) is 71.8 Å². The van der Waals surface area contributed by atoms with Gasteiger partial charge in [0.05, 0.1) is 17.5 Å². The summed E-state index contributed by atoms with van der Waals surface area (Å²) in [6.07, 6.45) is 0.488. The van der Waals surface area contributed by atoms with E-state index in [9.17, 15) is 8.42 Å². The average molecular weight is 419 g/mol. The summed E-state index contributed by atoms with van der Waals surface area (Å²) in [5.41, 5.74) is 5.45. The van der Waals surface area contributed by atoms with Crippen molar-refractivity contribution in [3.8, 4) is 0 Å². The van der Waals surface area contributed by atoms with E-state index in [0.29, 0.717) is 23.7 Å². The summed E-state index contributed by atoms with van der Waals surface area (Å²) in [7, 11) is -3.69. The molecule has 3 aromatic carbocycles. The molecule has 30 heavy (non-hydrogen) atoms. The third kappa shape index (κ3) is 4.03. The molecule has 0 spiro atoms. The standard InChI is InChI=1S/C25H26N2O2S/c1-18-10-13-23(14-11-18)30(28,29)27-17-24(21-7-5-4-6-8-21)26-25(27)16-22-15-19(2)9-12-20(22)3/h4-15,24H,16-17H2,1-3H3. The number of hydrogen-bond donors (Lipinski definition) is 0. The minimum Gasteiger partial charge on any atom is -0.261 e. The fourth-order valence-electron chi connectivity index (χ4n) is 3.77. The van der Waals surface area contributed by atoms with E-state index in [4.69, 9.17) is 4.99 Å². The Bertz CT molecular complexity index is 1180. The molecule has 154 valence electrons. The number of rotatable bonds is 5. The van der Waals surface area contributed by atoms with E-state index in [1.165, 1.54) is 4.31 Å². The lowest BCUT2D eigenvalue weighted by molar-refractivity contribution is 0.518.